The van der Waals surface area contributed by atoms with E-state index in [0.717, 1.165) is 0 Å². The highest BCUT2D eigenvalue weighted by Crippen LogP contribution is 2.09. The van der Waals surface area contributed by atoms with Crippen LogP contribution in [-0.4, -0.2) is 22.1 Å². The molecule has 88 valence electrons. The Labute approximate surface area is 97.7 Å². The first kappa shape index (κ1) is 11.3. The summed E-state index contributed by atoms with van der Waals surface area (Å²) in [6.45, 7) is 1.93. The molecule has 0 atom stereocenters. The van der Waals surface area contributed by atoms with Crippen LogP contribution in [0.2, 0.25) is 0 Å². The molecule has 0 radical (unpaired) electrons. The van der Waals surface area contributed by atoms with Gasteiger partial charge in [0.2, 0.25) is 0 Å². The van der Waals surface area contributed by atoms with Crippen LogP contribution in [0.15, 0.2) is 29.2 Å². The topological polar surface area (TPSA) is 61.2 Å². The maximum atomic E-state index is 11.9. The van der Waals surface area contributed by atoms with Crippen LogP contribution in [0.3, 0.4) is 0 Å². The second-order valence-corrected chi connectivity index (χ2v) is 3.55. The number of carbonyl (C=O) groups excluding carboxylic acids is 1. The largest absolute Gasteiger partial charge is 0.462 e. The Kier molecular flexibility index (Phi) is 2.91. The number of nitrogens with zero attached hydrogens (tertiary/aromatic N) is 2. The Morgan fingerprint density at radius 2 is 2.29 bits per heavy atom. The molecule has 5 heteroatoms. The van der Waals surface area contributed by atoms with Crippen LogP contribution in [0.25, 0.3) is 11.0 Å². The van der Waals surface area contributed by atoms with Crippen LogP contribution in [-0.2, 0) is 11.8 Å². The molecule has 2 aromatic heterocycles. The van der Waals surface area contributed by atoms with Crippen molar-refractivity contribution < 1.29 is 9.53 Å². The number of carbonyl (C=O) groups is 1. The fourth-order valence-electron chi connectivity index (χ4n) is 1.65. The summed E-state index contributed by atoms with van der Waals surface area (Å²) in [5.41, 5.74) is 0.924. The number of rotatable bonds is 2. The minimum absolute atomic E-state index is 0.0144. The predicted octanol–water partition coefficient (Wildman–Crippen LogP) is 1.11. The van der Waals surface area contributed by atoms with Gasteiger partial charge in [-0.1, -0.05) is 0 Å². The molecular formula is C12H12N2O3. The molecule has 5 nitrogen and oxygen atoms in total. The predicted molar refractivity (Wildman–Crippen MR) is 62.9 cm³/mol. The van der Waals surface area contributed by atoms with E-state index in [4.69, 9.17) is 4.74 Å². The Morgan fingerprint density at radius 1 is 1.53 bits per heavy atom. The number of pyridine rings is 2. The molecule has 2 rings (SSSR count). The van der Waals surface area contributed by atoms with Gasteiger partial charge in [0.05, 0.1) is 17.6 Å². The molecule has 0 saturated carbocycles. The van der Waals surface area contributed by atoms with E-state index in [1.807, 2.05) is 0 Å². The highest BCUT2D eigenvalue weighted by atomic mass is 16.5. The van der Waals surface area contributed by atoms with E-state index >= 15 is 0 Å². The molecule has 0 aliphatic carbocycles. The molecule has 2 aromatic rings. The maximum Gasteiger partial charge on any atom is 0.343 e. The smallest absolute Gasteiger partial charge is 0.343 e. The van der Waals surface area contributed by atoms with Crippen molar-refractivity contribution in [2.75, 3.05) is 6.61 Å². The molecule has 0 unspecified atom stereocenters. The third-order valence-electron chi connectivity index (χ3n) is 2.49. The van der Waals surface area contributed by atoms with Crippen LogP contribution < -0.4 is 5.56 Å². The molecule has 0 spiro atoms. The molecule has 2 heterocycles. The van der Waals surface area contributed by atoms with E-state index < -0.39 is 5.97 Å². The van der Waals surface area contributed by atoms with Gasteiger partial charge in [-0.25, -0.2) is 4.79 Å². The van der Waals surface area contributed by atoms with E-state index in [0.29, 0.717) is 11.0 Å². The SMILES string of the molecule is CCOC(=O)c1cc2ncccc2n(C)c1=O. The lowest BCUT2D eigenvalue weighted by Crippen LogP contribution is -2.25. The maximum absolute atomic E-state index is 11.9. The lowest BCUT2D eigenvalue weighted by molar-refractivity contribution is 0.0524. The quantitative estimate of drug-likeness (QED) is 0.728. The molecular weight excluding hydrogens is 220 g/mol. The standard InChI is InChI=1S/C12H12N2O3/c1-3-17-12(16)8-7-9-10(5-4-6-13-9)14(2)11(8)15/h4-7H,3H2,1-2H3. The molecule has 0 bridgehead atoms. The van der Waals surface area contributed by atoms with Gasteiger partial charge in [0.1, 0.15) is 5.56 Å². The Hall–Kier alpha value is -2.17. The van der Waals surface area contributed by atoms with Gasteiger partial charge < -0.3 is 9.30 Å². The summed E-state index contributed by atoms with van der Waals surface area (Å²) >= 11 is 0. The van der Waals surface area contributed by atoms with Crippen molar-refractivity contribution in [3.8, 4) is 0 Å². The molecule has 0 saturated heterocycles. The van der Waals surface area contributed by atoms with Gasteiger partial charge in [-0.05, 0) is 25.1 Å². The zero-order chi connectivity index (χ0) is 12.4. The molecule has 0 aliphatic heterocycles. The monoisotopic (exact) mass is 232 g/mol. The second-order valence-electron chi connectivity index (χ2n) is 3.55. The zero-order valence-corrected chi connectivity index (χ0v) is 9.64. The van der Waals surface area contributed by atoms with Crippen molar-refractivity contribution in [1.29, 1.82) is 0 Å². The van der Waals surface area contributed by atoms with Gasteiger partial charge in [-0.15, -0.1) is 0 Å². The molecule has 0 amide bonds. The van der Waals surface area contributed by atoms with Crippen LogP contribution in [0.5, 0.6) is 0 Å². The average Bonchev–Trinajstić information content (AvgIpc) is 2.34. The summed E-state index contributed by atoms with van der Waals surface area (Å²) in [4.78, 5) is 27.7. The third kappa shape index (κ3) is 1.91. The first-order valence-electron chi connectivity index (χ1n) is 5.27. The summed E-state index contributed by atoms with van der Waals surface area (Å²) < 4.78 is 6.23. The fraction of sp³-hybridized carbons (Fsp3) is 0.250. The van der Waals surface area contributed by atoms with Gasteiger partial charge >= 0.3 is 5.97 Å². The number of ether oxygens (including phenoxy) is 1. The molecule has 0 aromatic carbocycles. The number of fused-ring (bicyclic) bond motifs is 1. The summed E-state index contributed by atoms with van der Waals surface area (Å²) in [7, 11) is 1.61. The summed E-state index contributed by atoms with van der Waals surface area (Å²) in [5.74, 6) is -0.611. The van der Waals surface area contributed by atoms with E-state index in [1.165, 1.54) is 10.6 Å². The molecule has 0 N–H and O–H groups in total. The lowest BCUT2D eigenvalue weighted by atomic mass is 10.2. The van der Waals surface area contributed by atoms with Gasteiger partial charge in [-0.2, -0.15) is 0 Å². The zero-order valence-electron chi connectivity index (χ0n) is 9.64. The summed E-state index contributed by atoms with van der Waals surface area (Å²) in [6.07, 6.45) is 1.61. The minimum atomic E-state index is -0.611. The first-order chi connectivity index (χ1) is 8.15. The van der Waals surface area contributed by atoms with Crippen molar-refractivity contribution in [1.82, 2.24) is 9.55 Å². The van der Waals surface area contributed by atoms with Crippen LogP contribution in [0, 0.1) is 0 Å². The van der Waals surface area contributed by atoms with Gasteiger partial charge in [0, 0.05) is 13.2 Å². The second kappa shape index (κ2) is 4.37. The third-order valence-corrected chi connectivity index (χ3v) is 2.49. The lowest BCUT2D eigenvalue weighted by Gasteiger charge is -2.07. The Morgan fingerprint density at radius 3 is 3.00 bits per heavy atom. The molecule has 0 fully saturated rings. The normalized spacial score (nSPS) is 10.5. The summed E-state index contributed by atoms with van der Waals surface area (Å²) in [5, 5.41) is 0. The van der Waals surface area contributed by atoms with Crippen molar-refractivity contribution in [3.05, 3.63) is 40.3 Å². The van der Waals surface area contributed by atoms with Gasteiger partial charge in [0.25, 0.3) is 5.56 Å². The van der Waals surface area contributed by atoms with Crippen molar-refractivity contribution in [2.45, 2.75) is 6.92 Å². The van der Waals surface area contributed by atoms with Crippen LogP contribution >= 0.6 is 0 Å². The Balaban J connectivity index is 2.70. The van der Waals surface area contributed by atoms with E-state index in [9.17, 15) is 9.59 Å². The van der Waals surface area contributed by atoms with E-state index in [2.05, 4.69) is 4.98 Å². The van der Waals surface area contributed by atoms with Crippen molar-refractivity contribution >= 4 is 17.0 Å². The average molecular weight is 232 g/mol. The van der Waals surface area contributed by atoms with E-state index in [-0.39, 0.29) is 17.7 Å². The number of aryl methyl sites for hydroxylation is 1. The number of esters is 1. The first-order valence-corrected chi connectivity index (χ1v) is 5.27. The van der Waals surface area contributed by atoms with Crippen molar-refractivity contribution in [2.24, 2.45) is 7.05 Å². The van der Waals surface area contributed by atoms with Crippen LogP contribution in [0.1, 0.15) is 17.3 Å². The van der Waals surface area contributed by atoms with E-state index in [1.54, 1.807) is 32.3 Å². The fourth-order valence-corrected chi connectivity index (χ4v) is 1.65. The molecule has 17 heavy (non-hydrogen) atoms. The minimum Gasteiger partial charge on any atom is -0.462 e. The van der Waals surface area contributed by atoms with Gasteiger partial charge in [0.15, 0.2) is 0 Å². The van der Waals surface area contributed by atoms with Crippen LogP contribution in [0.4, 0.5) is 0 Å². The highest BCUT2D eigenvalue weighted by Gasteiger charge is 2.15. The Bertz CT molecular complexity index is 631. The number of aromatic nitrogens is 2. The van der Waals surface area contributed by atoms with Gasteiger partial charge in [-0.3, -0.25) is 9.78 Å². The number of hydrogen-bond donors (Lipinski definition) is 0. The number of hydrogen-bond acceptors (Lipinski definition) is 4. The summed E-state index contributed by atoms with van der Waals surface area (Å²) in [6, 6.07) is 4.99. The molecule has 0 aliphatic rings. The van der Waals surface area contributed by atoms with Crippen molar-refractivity contribution in [3.63, 3.8) is 0 Å². The highest BCUT2D eigenvalue weighted by molar-refractivity contribution is 5.92.